The van der Waals surface area contributed by atoms with Crippen molar-refractivity contribution >= 4 is 11.7 Å². The molecule has 27 heavy (non-hydrogen) atoms. The molecule has 0 saturated heterocycles. The third kappa shape index (κ3) is 3.69. The summed E-state index contributed by atoms with van der Waals surface area (Å²) in [5.41, 5.74) is 0.495. The molecule has 3 rings (SSSR count). The quantitative estimate of drug-likeness (QED) is 0.399. The highest BCUT2D eigenvalue weighted by atomic mass is 19.1. The van der Waals surface area contributed by atoms with Crippen molar-refractivity contribution in [2.75, 3.05) is 6.61 Å². The fraction of sp³-hybridized carbons (Fsp3) is 0.105. The maximum absolute atomic E-state index is 13.6. The number of carbonyl (C=O) groups is 1. The van der Waals surface area contributed by atoms with E-state index in [0.717, 1.165) is 18.2 Å². The average Bonchev–Trinajstić information content (AvgIpc) is 3.06. The third-order valence-corrected chi connectivity index (χ3v) is 3.86. The summed E-state index contributed by atoms with van der Waals surface area (Å²) in [5.74, 6) is -2.28. The number of nitrogens with zero attached hydrogens (tertiary/aromatic N) is 1. The maximum Gasteiger partial charge on any atom is 0.340 e. The van der Waals surface area contributed by atoms with Gasteiger partial charge in [0.1, 0.15) is 11.6 Å². The number of para-hydroxylation sites is 1. The van der Waals surface area contributed by atoms with Gasteiger partial charge in [-0.3, -0.25) is 10.1 Å². The number of rotatable bonds is 5. The van der Waals surface area contributed by atoms with Crippen molar-refractivity contribution in [1.82, 2.24) is 4.98 Å². The summed E-state index contributed by atoms with van der Waals surface area (Å²) in [6, 6.07) is 10.1. The van der Waals surface area contributed by atoms with Crippen LogP contribution >= 0.6 is 0 Å². The van der Waals surface area contributed by atoms with E-state index in [9.17, 15) is 23.7 Å². The first-order valence-corrected chi connectivity index (χ1v) is 8.01. The van der Waals surface area contributed by atoms with Crippen molar-refractivity contribution < 1.29 is 23.2 Å². The van der Waals surface area contributed by atoms with Gasteiger partial charge in [-0.2, -0.15) is 0 Å². The second-order valence-electron chi connectivity index (χ2n) is 5.62. The molecule has 0 spiro atoms. The van der Waals surface area contributed by atoms with Crippen LogP contribution in [0.1, 0.15) is 17.3 Å². The van der Waals surface area contributed by atoms with Gasteiger partial charge in [-0.15, -0.1) is 0 Å². The van der Waals surface area contributed by atoms with Gasteiger partial charge in [0.2, 0.25) is 0 Å². The lowest BCUT2D eigenvalue weighted by atomic mass is 10.1. The largest absolute Gasteiger partial charge is 0.462 e. The molecule has 0 fully saturated rings. The van der Waals surface area contributed by atoms with Crippen molar-refractivity contribution in [3.8, 4) is 22.5 Å². The number of hydrogen-bond acceptors (Lipinski definition) is 4. The summed E-state index contributed by atoms with van der Waals surface area (Å²) >= 11 is 0. The van der Waals surface area contributed by atoms with Crippen LogP contribution < -0.4 is 0 Å². The van der Waals surface area contributed by atoms with Gasteiger partial charge in [-0.25, -0.2) is 13.6 Å². The molecule has 1 aromatic heterocycles. The molecule has 0 aliphatic heterocycles. The topological polar surface area (TPSA) is 85.2 Å². The normalized spacial score (nSPS) is 10.6. The Kier molecular flexibility index (Phi) is 4.98. The lowest BCUT2D eigenvalue weighted by molar-refractivity contribution is -0.384. The fourth-order valence-electron chi connectivity index (χ4n) is 2.75. The maximum atomic E-state index is 13.6. The summed E-state index contributed by atoms with van der Waals surface area (Å²) in [7, 11) is 0. The number of H-pyrrole nitrogens is 1. The Labute approximate surface area is 152 Å². The lowest BCUT2D eigenvalue weighted by Gasteiger charge is -2.05. The summed E-state index contributed by atoms with van der Waals surface area (Å²) < 4.78 is 32.1. The minimum atomic E-state index is -0.787. The van der Waals surface area contributed by atoms with Crippen LogP contribution in [0.3, 0.4) is 0 Å². The standard InChI is InChI=1S/C19H14F2N2O4/c1-2-27-19(24)15-10-16(11-7-12(20)9-13(21)8-11)22-18(15)14-5-3-4-6-17(14)23(25)26/h3-10,22H,2H2,1H3. The monoisotopic (exact) mass is 372 g/mol. The number of aromatic amines is 1. The van der Waals surface area contributed by atoms with E-state index >= 15 is 0 Å². The number of nitro benzene ring substituents is 1. The molecule has 2 aromatic carbocycles. The molecule has 3 aromatic rings. The molecule has 0 saturated carbocycles. The van der Waals surface area contributed by atoms with Crippen LogP contribution in [0, 0.1) is 21.7 Å². The molecule has 0 unspecified atom stereocenters. The van der Waals surface area contributed by atoms with Gasteiger partial charge in [-0.1, -0.05) is 12.1 Å². The van der Waals surface area contributed by atoms with Gasteiger partial charge < -0.3 is 9.72 Å². The minimum absolute atomic E-state index is 0.0332. The van der Waals surface area contributed by atoms with Crippen molar-refractivity contribution in [3.05, 3.63) is 75.8 Å². The summed E-state index contributed by atoms with van der Waals surface area (Å²) in [6.07, 6.45) is 0. The van der Waals surface area contributed by atoms with Crippen molar-refractivity contribution in [1.29, 1.82) is 0 Å². The highest BCUT2D eigenvalue weighted by Crippen LogP contribution is 2.35. The number of nitro groups is 1. The second-order valence-corrected chi connectivity index (χ2v) is 5.62. The molecular formula is C19H14F2N2O4. The Morgan fingerprint density at radius 3 is 2.44 bits per heavy atom. The number of esters is 1. The molecule has 0 amide bonds. The van der Waals surface area contributed by atoms with Gasteiger partial charge in [0.25, 0.3) is 5.69 Å². The van der Waals surface area contributed by atoms with Gasteiger partial charge in [0.05, 0.1) is 28.4 Å². The van der Waals surface area contributed by atoms with Crippen molar-refractivity contribution in [2.45, 2.75) is 6.92 Å². The molecule has 0 aliphatic carbocycles. The number of carbonyl (C=O) groups excluding carboxylic acids is 1. The Balaban J connectivity index is 2.22. The molecule has 138 valence electrons. The number of nitrogens with one attached hydrogen (secondary N) is 1. The highest BCUT2D eigenvalue weighted by molar-refractivity contribution is 5.99. The SMILES string of the molecule is CCOC(=O)c1cc(-c2cc(F)cc(F)c2)[nH]c1-c1ccccc1[N+](=O)[O-]. The summed E-state index contributed by atoms with van der Waals surface area (Å²) in [4.78, 5) is 26.0. The van der Waals surface area contributed by atoms with E-state index in [-0.39, 0.29) is 40.4 Å². The fourth-order valence-corrected chi connectivity index (χ4v) is 2.75. The third-order valence-electron chi connectivity index (χ3n) is 3.86. The van der Waals surface area contributed by atoms with Gasteiger partial charge in [0.15, 0.2) is 0 Å². The number of halogens is 2. The Morgan fingerprint density at radius 1 is 1.15 bits per heavy atom. The van der Waals surface area contributed by atoms with Crippen LogP contribution in [-0.2, 0) is 4.74 Å². The molecule has 6 nitrogen and oxygen atoms in total. The highest BCUT2D eigenvalue weighted by Gasteiger charge is 2.24. The van der Waals surface area contributed by atoms with Crippen molar-refractivity contribution in [3.63, 3.8) is 0 Å². The van der Waals surface area contributed by atoms with E-state index in [1.165, 1.54) is 24.3 Å². The molecule has 1 heterocycles. The van der Waals surface area contributed by atoms with E-state index in [0.29, 0.717) is 0 Å². The van der Waals surface area contributed by atoms with Crippen LogP contribution in [0.2, 0.25) is 0 Å². The molecule has 0 radical (unpaired) electrons. The van der Waals surface area contributed by atoms with Gasteiger partial charge in [-0.05, 0) is 31.2 Å². The Hall–Kier alpha value is -3.55. The molecule has 8 heteroatoms. The first kappa shape index (κ1) is 18.2. The predicted molar refractivity (Wildman–Crippen MR) is 94.2 cm³/mol. The minimum Gasteiger partial charge on any atom is -0.462 e. The lowest BCUT2D eigenvalue weighted by Crippen LogP contribution is -2.05. The average molecular weight is 372 g/mol. The first-order chi connectivity index (χ1) is 12.9. The van der Waals surface area contributed by atoms with E-state index in [4.69, 9.17) is 4.74 Å². The predicted octanol–water partition coefficient (Wildman–Crippen LogP) is 4.71. The first-order valence-electron chi connectivity index (χ1n) is 8.01. The van der Waals surface area contributed by atoms with Crippen LogP contribution in [0.5, 0.6) is 0 Å². The van der Waals surface area contributed by atoms with Gasteiger partial charge >= 0.3 is 5.97 Å². The second kappa shape index (κ2) is 7.36. The van der Waals surface area contributed by atoms with Gasteiger partial charge in [0, 0.05) is 23.4 Å². The zero-order valence-electron chi connectivity index (χ0n) is 14.2. The van der Waals surface area contributed by atoms with E-state index in [1.807, 2.05) is 0 Å². The molecule has 1 N–H and O–H groups in total. The van der Waals surface area contributed by atoms with Crippen molar-refractivity contribution in [2.24, 2.45) is 0 Å². The number of benzene rings is 2. The zero-order chi connectivity index (χ0) is 19.6. The van der Waals surface area contributed by atoms with E-state index < -0.39 is 22.5 Å². The van der Waals surface area contributed by atoms with E-state index in [1.54, 1.807) is 13.0 Å². The van der Waals surface area contributed by atoms with Crippen LogP contribution in [0.15, 0.2) is 48.5 Å². The Morgan fingerprint density at radius 2 is 1.81 bits per heavy atom. The summed E-state index contributed by atoms with van der Waals surface area (Å²) in [5, 5.41) is 11.3. The molecule has 0 atom stereocenters. The number of hydrogen-bond donors (Lipinski definition) is 1. The summed E-state index contributed by atoms with van der Waals surface area (Å²) in [6.45, 7) is 1.72. The number of ether oxygens (including phenoxy) is 1. The number of aromatic nitrogens is 1. The molecule has 0 aliphatic rings. The van der Waals surface area contributed by atoms with Crippen LogP contribution in [-0.4, -0.2) is 22.5 Å². The molecular weight excluding hydrogens is 358 g/mol. The molecule has 0 bridgehead atoms. The zero-order valence-corrected chi connectivity index (χ0v) is 14.2. The van der Waals surface area contributed by atoms with Crippen LogP contribution in [0.25, 0.3) is 22.5 Å². The Bertz CT molecular complexity index is 1010. The van der Waals surface area contributed by atoms with E-state index in [2.05, 4.69) is 4.98 Å². The smallest absolute Gasteiger partial charge is 0.340 e. The van der Waals surface area contributed by atoms with Crippen LogP contribution in [0.4, 0.5) is 14.5 Å².